The molecule has 27 heteroatoms. The first kappa shape index (κ1) is 93.9. The fourth-order valence-corrected chi connectivity index (χ4v) is 19.0. The summed E-state index contributed by atoms with van der Waals surface area (Å²) >= 11 is 0. The van der Waals surface area contributed by atoms with Crippen molar-refractivity contribution >= 4 is 109 Å². The average molecular weight is 2200 g/mol. The number of pyridine rings is 1. The van der Waals surface area contributed by atoms with E-state index < -0.39 is 0 Å². The molecule has 11 aromatic carbocycles. The predicted octanol–water partition coefficient (Wildman–Crippen LogP) is 22.5. The van der Waals surface area contributed by atoms with E-state index in [9.17, 15) is 0 Å². The maximum atomic E-state index is 4.89. The summed E-state index contributed by atoms with van der Waals surface area (Å²) in [5.41, 5.74) is 26.6. The van der Waals surface area contributed by atoms with Crippen LogP contribution in [0.15, 0.2) is 360 Å². The summed E-state index contributed by atoms with van der Waals surface area (Å²) in [6, 6.07) is 107. The van der Waals surface area contributed by atoms with Crippen LogP contribution in [0, 0.1) is 78.6 Å². The molecule has 0 saturated carbocycles. The van der Waals surface area contributed by atoms with Crippen molar-refractivity contribution in [1.29, 1.82) is 0 Å². The van der Waals surface area contributed by atoms with Crippen molar-refractivity contribution in [3.8, 4) is 34.0 Å². The van der Waals surface area contributed by atoms with E-state index in [2.05, 4.69) is 257 Å². The van der Waals surface area contributed by atoms with Crippen molar-refractivity contribution in [2.24, 2.45) is 0 Å². The minimum atomic E-state index is 0. The molecule has 3 atom stereocenters. The Morgan fingerprint density at radius 2 is 0.730 bits per heavy atom. The fraction of sp³-hybridized carbons (Fsp3) is 0.132. The van der Waals surface area contributed by atoms with Crippen LogP contribution in [0.2, 0.25) is 0 Å². The molecule has 25 nitrogen and oxygen atoms in total. The average Bonchev–Trinajstić information content (AvgIpc) is 1.51. The van der Waals surface area contributed by atoms with Crippen molar-refractivity contribution < 1.29 is 40.2 Å². The van der Waals surface area contributed by atoms with Gasteiger partial charge in [-0.3, -0.25) is 4.98 Å². The van der Waals surface area contributed by atoms with Crippen LogP contribution < -0.4 is 58.8 Å². The van der Waals surface area contributed by atoms with Crippen LogP contribution >= 0.6 is 0 Å². The Kier molecular flexibility index (Phi) is 27.8. The molecule has 0 bridgehead atoms. The monoisotopic (exact) mass is 2200 g/mol. The van der Waals surface area contributed by atoms with E-state index >= 15 is 0 Å². The molecule has 0 N–H and O–H groups in total. The number of fused-ring (bicyclic) bond motifs is 17. The van der Waals surface area contributed by atoms with Crippen molar-refractivity contribution in [3.63, 3.8) is 0 Å². The van der Waals surface area contributed by atoms with Crippen LogP contribution in [0.25, 0.3) is 34.0 Å². The molecule has 0 aliphatic carbocycles. The SMILES string of the molecule is CN1C=CN(c2[c-]cccc2)[CH-]1.CN1C=CN(c2[c-]cccc2)[CH-]1.CN1[CH-]N(c2[c-]cccc2)c2nccnc21.Cc1cccc(C)c1-c1ncnc2c1N(c1ccccc1)C1Cc3ccccc3N21.Cc1ccccc1-c1ncc2c(n1)N(C)C1Cc3ccccc3N21.Cc1cnccc1-c1ncc2c(n1)N(C)C1Cc3ccccc3N21.[Ir].[Ir].[c-]1ccccc1N1[CH-]N(c2ccccc2)c2nccnc21. The number of hydrogen-bond acceptors (Lipinski definition) is 25. The van der Waals surface area contributed by atoms with Gasteiger partial charge in [-0.2, -0.15) is 135 Å². The largest absolute Gasteiger partial charge is 0.510 e. The molecule has 10 aliphatic rings. The zero-order valence-corrected chi connectivity index (χ0v) is 83.9. The van der Waals surface area contributed by atoms with Gasteiger partial charge in [0.25, 0.3) is 0 Å². The number of anilines is 19. The first-order chi connectivity index (χ1) is 68.2. The smallest absolute Gasteiger partial charge is 0.162 e. The van der Waals surface area contributed by atoms with Crippen LogP contribution in [0.1, 0.15) is 38.9 Å². The predicted molar refractivity (Wildman–Crippen MR) is 555 cm³/mol. The van der Waals surface area contributed by atoms with Crippen LogP contribution in [0.3, 0.4) is 0 Å². The summed E-state index contributed by atoms with van der Waals surface area (Å²) in [7, 11) is 10.2. The summed E-state index contributed by atoms with van der Waals surface area (Å²) in [6.07, 6.45) is 27.8. The van der Waals surface area contributed by atoms with Crippen LogP contribution in [-0.4, -0.2) is 118 Å². The zero-order chi connectivity index (χ0) is 94.6. The van der Waals surface area contributed by atoms with Gasteiger partial charge < -0.3 is 68.6 Å². The molecule has 2 radical (unpaired) electrons. The molecule has 0 saturated heterocycles. The first-order valence-corrected chi connectivity index (χ1v) is 46.2. The number of likely N-dealkylation sites (N-methyl/N-ethyl adjacent to an activating group) is 2. The maximum Gasteiger partial charge on any atom is 0.162 e. The number of para-hydroxylation sites is 9. The third-order valence-corrected chi connectivity index (χ3v) is 25.7. The van der Waals surface area contributed by atoms with E-state index in [1.165, 1.54) is 61.7 Å². The molecule has 3 unspecified atom stereocenters. The number of aromatic nitrogens is 11. The number of nitrogens with zero attached hydrogens (tertiary/aromatic N) is 25. The summed E-state index contributed by atoms with van der Waals surface area (Å²) in [5.74, 6) is 7.89. The molecule has 0 spiro atoms. The Balaban J connectivity index is 0.000000106. The minimum absolute atomic E-state index is 0. The van der Waals surface area contributed by atoms with Crippen molar-refractivity contribution in [2.75, 3.05) is 94.0 Å². The quantitative estimate of drug-likeness (QED) is 0.124. The van der Waals surface area contributed by atoms with Gasteiger partial charge in [-0.05, 0) is 161 Å². The van der Waals surface area contributed by atoms with E-state index in [1.807, 2.05) is 283 Å². The third kappa shape index (κ3) is 18.8. The van der Waals surface area contributed by atoms with Gasteiger partial charge in [0, 0.05) is 156 Å². The maximum absolute atomic E-state index is 4.89. The molecular formula is C114H99Ir2N25-8. The standard InChI is InChI=1S/C26H22N4.C20H18N4.C19H17N5.C17H12N4.C12H10N4.2C10H10N2.2Ir/c1-17-9-8-10-18(2)23(17)24-25-26(28-16-27-24)30-21-14-7-6-11-19(21)15-22(30)29(25)20-12-4-3-5-13-20;1-13-7-3-5-9-15(13)19-21-12-17-20(22-19)23(2)18-11-14-8-4-6-10-16(14)24(17)18;1-12-10-20-8-7-14(12)18-21-11-16-19(22-18)23(2)17-9-13-5-3-4-6-15(13)24(16)17;1-3-7-14(8-4-1)20-13-21(15-9-5-2-6-10-15)17-16(20)18-11-12-19-17;1-15-9-16(10-5-3-2-4-6-10)12-11(15)13-7-8-14-12;2*1-11-7-8-12(9-11)10-5-3-2-4-6-10;;/h3-14,16,22H,15H2,1-2H3;3-10,12,18H,11H2,1-2H3;3-8,10-11,17H,9H2,1-2H3;1-9,11-13H;2-5,7-9H,1H3;2*2-5,7-9H,1H3;;/q;;;4*-2;;. The molecule has 16 heterocycles. The summed E-state index contributed by atoms with van der Waals surface area (Å²) in [5, 5.41) is 0. The molecule has 10 aliphatic heterocycles. The molecule has 706 valence electrons. The second kappa shape index (κ2) is 41.7. The minimum Gasteiger partial charge on any atom is -0.510 e. The molecule has 0 amide bonds. The molecule has 17 aromatic rings. The van der Waals surface area contributed by atoms with E-state index in [4.69, 9.17) is 19.9 Å². The second-order valence-corrected chi connectivity index (χ2v) is 34.6. The van der Waals surface area contributed by atoms with Crippen molar-refractivity contribution in [1.82, 2.24) is 64.6 Å². The van der Waals surface area contributed by atoms with Crippen LogP contribution in [0.5, 0.6) is 0 Å². The number of benzene rings is 11. The Hall–Kier alpha value is -16.1. The van der Waals surface area contributed by atoms with Gasteiger partial charge in [0.05, 0.1) is 12.4 Å². The summed E-state index contributed by atoms with van der Waals surface area (Å²) in [6.45, 7) is 16.4. The summed E-state index contributed by atoms with van der Waals surface area (Å²) in [4.78, 5) is 80.5. The van der Waals surface area contributed by atoms with E-state index in [0.717, 1.165) is 140 Å². The Labute approximate surface area is 850 Å². The van der Waals surface area contributed by atoms with E-state index in [-0.39, 0.29) is 46.4 Å². The molecular weight excluding hydrogens is 2100 g/mol. The fourth-order valence-electron chi connectivity index (χ4n) is 19.0. The molecule has 141 heavy (non-hydrogen) atoms. The number of rotatable bonds is 9. The van der Waals surface area contributed by atoms with Gasteiger partial charge in [0.1, 0.15) is 70.9 Å². The molecule has 0 fully saturated rings. The van der Waals surface area contributed by atoms with Crippen molar-refractivity contribution in [2.45, 2.75) is 65.5 Å². The number of aryl methyl sites for hydroxylation is 4. The third-order valence-electron chi connectivity index (χ3n) is 25.7. The van der Waals surface area contributed by atoms with Gasteiger partial charge in [-0.1, -0.05) is 133 Å². The van der Waals surface area contributed by atoms with Gasteiger partial charge in [-0.25, -0.2) is 49.8 Å². The van der Waals surface area contributed by atoms with Gasteiger partial charge >= 0.3 is 0 Å². The normalized spacial score (nSPS) is 15.8. The van der Waals surface area contributed by atoms with E-state index in [0.29, 0.717) is 12.3 Å². The summed E-state index contributed by atoms with van der Waals surface area (Å²) < 4.78 is 0. The molecule has 6 aromatic heterocycles. The van der Waals surface area contributed by atoms with Crippen LogP contribution in [0.4, 0.5) is 109 Å². The van der Waals surface area contributed by atoms with Gasteiger partial charge in [0.2, 0.25) is 0 Å². The van der Waals surface area contributed by atoms with Crippen molar-refractivity contribution in [3.05, 3.63) is 450 Å². The number of hydrogen-bond donors (Lipinski definition) is 0. The Morgan fingerprint density at radius 1 is 0.305 bits per heavy atom. The van der Waals surface area contributed by atoms with Gasteiger partial charge in [-0.15, -0.1) is 36.1 Å². The van der Waals surface area contributed by atoms with Gasteiger partial charge in [0.15, 0.2) is 29.1 Å². The molecule has 27 rings (SSSR count). The Morgan fingerprint density at radius 3 is 1.22 bits per heavy atom. The van der Waals surface area contributed by atoms with E-state index in [1.54, 1.807) is 37.3 Å². The second-order valence-electron chi connectivity index (χ2n) is 34.6. The zero-order valence-electron chi connectivity index (χ0n) is 79.1. The Bertz CT molecular complexity index is 7000. The van der Waals surface area contributed by atoms with Crippen LogP contribution in [-0.2, 0) is 59.5 Å². The first-order valence-electron chi connectivity index (χ1n) is 46.2. The topological polar surface area (TPSA) is 187 Å².